The largest absolute Gasteiger partial charge is 0.264 e. The van der Waals surface area contributed by atoms with Gasteiger partial charge in [-0.15, -0.1) is 0 Å². The second-order valence-electron chi connectivity index (χ2n) is 10.8. The van der Waals surface area contributed by atoms with Crippen LogP contribution in [0.15, 0.2) is 158 Å². The molecule has 0 saturated heterocycles. The molecule has 0 bridgehead atoms. The van der Waals surface area contributed by atoms with E-state index in [0.29, 0.717) is 5.82 Å². The maximum Gasteiger partial charge on any atom is 0.160 e. The summed E-state index contributed by atoms with van der Waals surface area (Å²) in [4.78, 5) is 19.1. The first-order valence-electron chi connectivity index (χ1n) is 14.6. The first kappa shape index (κ1) is 25.7. The van der Waals surface area contributed by atoms with Gasteiger partial charge in [-0.1, -0.05) is 97.1 Å². The van der Waals surface area contributed by atoms with Crippen LogP contribution in [0.3, 0.4) is 0 Å². The molecule has 4 heteroatoms. The van der Waals surface area contributed by atoms with Gasteiger partial charge in [-0.2, -0.15) is 0 Å². The summed E-state index contributed by atoms with van der Waals surface area (Å²) in [7, 11) is 0. The zero-order valence-corrected chi connectivity index (χ0v) is 23.8. The smallest absolute Gasteiger partial charge is 0.160 e. The molecule has 0 aliphatic carbocycles. The van der Waals surface area contributed by atoms with Crippen LogP contribution in [0, 0.1) is 0 Å². The van der Waals surface area contributed by atoms with Gasteiger partial charge in [0.05, 0.1) is 11.4 Å². The van der Waals surface area contributed by atoms with Gasteiger partial charge in [0.1, 0.15) is 0 Å². The number of pyridine rings is 2. The number of nitrogens with zero attached hydrogens (tertiary/aromatic N) is 4. The molecule has 44 heavy (non-hydrogen) atoms. The standard InChI is InChI=1S/C40H26N4/c1-3-9-27(10-4-1)38-24-39(28-11-5-2-6-12-28)44-40(43-38)33-22-31(34-15-7-13-29-25-41-19-17-36(29)34)21-32(23-33)35-16-8-14-30-26-42-20-18-37(30)35/h1-26H. The van der Waals surface area contributed by atoms with E-state index in [1.807, 2.05) is 61.2 Å². The molecule has 5 aromatic carbocycles. The lowest BCUT2D eigenvalue weighted by molar-refractivity contribution is 1.18. The van der Waals surface area contributed by atoms with E-state index >= 15 is 0 Å². The third kappa shape index (κ3) is 4.79. The average molecular weight is 563 g/mol. The quantitative estimate of drug-likeness (QED) is 0.209. The van der Waals surface area contributed by atoms with Gasteiger partial charge >= 0.3 is 0 Å². The van der Waals surface area contributed by atoms with Crippen molar-refractivity contribution in [2.75, 3.05) is 0 Å². The van der Waals surface area contributed by atoms with Crippen molar-refractivity contribution >= 4 is 21.5 Å². The Balaban J connectivity index is 1.41. The van der Waals surface area contributed by atoms with Crippen LogP contribution in [0.1, 0.15) is 0 Å². The molecule has 0 unspecified atom stereocenters. The average Bonchev–Trinajstić information content (AvgIpc) is 3.11. The van der Waals surface area contributed by atoms with Gasteiger partial charge in [0, 0.05) is 52.3 Å². The fourth-order valence-corrected chi connectivity index (χ4v) is 5.91. The maximum atomic E-state index is 5.16. The summed E-state index contributed by atoms with van der Waals surface area (Å²) < 4.78 is 0. The Hall–Kier alpha value is -6.00. The molecule has 0 saturated carbocycles. The Bertz CT molecular complexity index is 2110. The van der Waals surface area contributed by atoms with Crippen LogP contribution in [-0.4, -0.2) is 19.9 Å². The summed E-state index contributed by atoms with van der Waals surface area (Å²) in [6.07, 6.45) is 7.54. The molecule has 0 N–H and O–H groups in total. The van der Waals surface area contributed by atoms with Crippen LogP contribution < -0.4 is 0 Å². The van der Waals surface area contributed by atoms with E-state index in [2.05, 4.69) is 107 Å². The van der Waals surface area contributed by atoms with E-state index in [1.165, 1.54) is 0 Å². The highest BCUT2D eigenvalue weighted by Gasteiger charge is 2.15. The van der Waals surface area contributed by atoms with E-state index in [0.717, 1.165) is 71.9 Å². The number of hydrogen-bond donors (Lipinski definition) is 0. The molecule has 3 aromatic heterocycles. The number of benzene rings is 5. The Morgan fingerprint density at radius 1 is 0.364 bits per heavy atom. The summed E-state index contributed by atoms with van der Waals surface area (Å²) in [6, 6.07) is 46.3. The second-order valence-corrected chi connectivity index (χ2v) is 10.8. The van der Waals surface area contributed by atoms with Crippen molar-refractivity contribution in [3.63, 3.8) is 0 Å². The first-order chi connectivity index (χ1) is 21.8. The number of fused-ring (bicyclic) bond motifs is 2. The normalized spacial score (nSPS) is 11.2. The minimum atomic E-state index is 0.678. The van der Waals surface area contributed by atoms with Gasteiger partial charge in [0.25, 0.3) is 0 Å². The molecule has 0 aliphatic rings. The summed E-state index contributed by atoms with van der Waals surface area (Å²) in [6.45, 7) is 0. The van der Waals surface area contributed by atoms with Crippen molar-refractivity contribution in [2.24, 2.45) is 0 Å². The SMILES string of the molecule is c1ccc(-c2cc(-c3ccccc3)nc(-c3cc(-c4cccc5cnccc45)cc(-c4cccc5cnccc45)c3)n2)cc1. The monoisotopic (exact) mass is 562 g/mol. The third-order valence-corrected chi connectivity index (χ3v) is 8.04. The van der Waals surface area contributed by atoms with E-state index in [1.54, 1.807) is 0 Å². The molecule has 4 nitrogen and oxygen atoms in total. The number of aromatic nitrogens is 4. The van der Waals surface area contributed by atoms with Gasteiger partial charge in [-0.3, -0.25) is 9.97 Å². The lowest BCUT2D eigenvalue weighted by Gasteiger charge is -2.15. The van der Waals surface area contributed by atoms with E-state index in [9.17, 15) is 0 Å². The first-order valence-corrected chi connectivity index (χ1v) is 14.6. The molecule has 206 valence electrons. The molecule has 0 amide bonds. The van der Waals surface area contributed by atoms with Gasteiger partial charge in [-0.05, 0) is 69.4 Å². The molecule has 8 aromatic rings. The Labute approximate surface area is 255 Å². The van der Waals surface area contributed by atoms with Crippen molar-refractivity contribution in [2.45, 2.75) is 0 Å². The molecule has 0 aliphatic heterocycles. The molecular formula is C40H26N4. The number of rotatable bonds is 5. The summed E-state index contributed by atoms with van der Waals surface area (Å²) >= 11 is 0. The van der Waals surface area contributed by atoms with Crippen LogP contribution in [0.2, 0.25) is 0 Å². The summed E-state index contributed by atoms with van der Waals surface area (Å²) in [5.41, 5.74) is 9.27. The fraction of sp³-hybridized carbons (Fsp3) is 0. The highest BCUT2D eigenvalue weighted by Crippen LogP contribution is 2.38. The lowest BCUT2D eigenvalue weighted by Crippen LogP contribution is -1.97. The Morgan fingerprint density at radius 3 is 1.34 bits per heavy atom. The third-order valence-electron chi connectivity index (χ3n) is 8.04. The highest BCUT2D eigenvalue weighted by molar-refractivity contribution is 6.00. The van der Waals surface area contributed by atoms with Crippen molar-refractivity contribution in [1.29, 1.82) is 0 Å². The van der Waals surface area contributed by atoms with Gasteiger partial charge < -0.3 is 0 Å². The summed E-state index contributed by atoms with van der Waals surface area (Å²) in [5.74, 6) is 0.678. The summed E-state index contributed by atoms with van der Waals surface area (Å²) in [5, 5.41) is 4.50. The van der Waals surface area contributed by atoms with Crippen LogP contribution >= 0.6 is 0 Å². The molecule has 8 rings (SSSR count). The molecule has 3 heterocycles. The lowest BCUT2D eigenvalue weighted by atomic mass is 9.91. The van der Waals surface area contributed by atoms with Crippen LogP contribution in [-0.2, 0) is 0 Å². The van der Waals surface area contributed by atoms with Crippen molar-refractivity contribution in [1.82, 2.24) is 19.9 Å². The van der Waals surface area contributed by atoms with Crippen molar-refractivity contribution < 1.29 is 0 Å². The predicted molar refractivity (Wildman–Crippen MR) is 180 cm³/mol. The van der Waals surface area contributed by atoms with Crippen molar-refractivity contribution in [3.8, 4) is 56.2 Å². The van der Waals surface area contributed by atoms with Gasteiger partial charge in [0.2, 0.25) is 0 Å². The zero-order chi connectivity index (χ0) is 29.3. The molecule has 0 radical (unpaired) electrons. The minimum absolute atomic E-state index is 0.678. The fourth-order valence-electron chi connectivity index (χ4n) is 5.91. The second kappa shape index (κ2) is 11.0. The predicted octanol–water partition coefficient (Wildman–Crippen LogP) is 9.91. The van der Waals surface area contributed by atoms with E-state index in [-0.39, 0.29) is 0 Å². The van der Waals surface area contributed by atoms with Crippen LogP contribution in [0.25, 0.3) is 77.7 Å². The molecule has 0 fully saturated rings. The molecule has 0 atom stereocenters. The number of hydrogen-bond acceptors (Lipinski definition) is 4. The topological polar surface area (TPSA) is 51.6 Å². The van der Waals surface area contributed by atoms with Gasteiger partial charge in [-0.25, -0.2) is 9.97 Å². The Kier molecular flexibility index (Phi) is 6.43. The van der Waals surface area contributed by atoms with Gasteiger partial charge in [0.15, 0.2) is 5.82 Å². The van der Waals surface area contributed by atoms with Crippen LogP contribution in [0.5, 0.6) is 0 Å². The van der Waals surface area contributed by atoms with E-state index in [4.69, 9.17) is 9.97 Å². The maximum absolute atomic E-state index is 5.16. The van der Waals surface area contributed by atoms with E-state index < -0.39 is 0 Å². The minimum Gasteiger partial charge on any atom is -0.264 e. The zero-order valence-electron chi connectivity index (χ0n) is 23.8. The molecular weight excluding hydrogens is 536 g/mol. The molecule has 0 spiro atoms. The highest BCUT2D eigenvalue weighted by atomic mass is 14.9. The van der Waals surface area contributed by atoms with Crippen LogP contribution in [0.4, 0.5) is 0 Å². The Morgan fingerprint density at radius 2 is 0.841 bits per heavy atom. The van der Waals surface area contributed by atoms with Crippen molar-refractivity contribution in [3.05, 3.63) is 158 Å².